The average Bonchev–Trinajstić information content (AvgIpc) is 3.36. The van der Waals surface area contributed by atoms with Crippen molar-refractivity contribution in [2.24, 2.45) is 0 Å². The van der Waals surface area contributed by atoms with Crippen LogP contribution in [0.2, 0.25) is 0 Å². The summed E-state index contributed by atoms with van der Waals surface area (Å²) >= 11 is 0. The molecule has 0 unspecified atom stereocenters. The molecule has 0 aliphatic carbocycles. The zero-order valence-electron chi connectivity index (χ0n) is 19.0. The van der Waals surface area contributed by atoms with E-state index < -0.39 is 0 Å². The molecule has 2 aromatic heterocycles. The number of benzene rings is 1. The summed E-state index contributed by atoms with van der Waals surface area (Å²) in [6.45, 7) is 5.87. The second-order valence-corrected chi connectivity index (χ2v) is 8.12. The Hall–Kier alpha value is -2.94. The topological polar surface area (TPSA) is 85.3 Å². The minimum atomic E-state index is 0.0762. The lowest BCUT2D eigenvalue weighted by atomic mass is 10.0. The Balaban J connectivity index is 1.75. The molecule has 1 aliphatic heterocycles. The number of hydrogen-bond donors (Lipinski definition) is 1. The first-order chi connectivity index (χ1) is 15.5. The van der Waals surface area contributed by atoms with Gasteiger partial charge in [-0.1, -0.05) is 6.07 Å². The Labute approximate surface area is 188 Å². The van der Waals surface area contributed by atoms with Gasteiger partial charge in [-0.15, -0.1) is 0 Å². The molecule has 1 amide bonds. The van der Waals surface area contributed by atoms with Crippen LogP contribution in [0.15, 0.2) is 36.5 Å². The van der Waals surface area contributed by atoms with E-state index >= 15 is 0 Å². The number of nitrogens with zero attached hydrogens (tertiary/aromatic N) is 4. The number of imidazole rings is 1. The normalized spacial score (nSPS) is 13.3. The fourth-order valence-electron chi connectivity index (χ4n) is 4.29. The Morgan fingerprint density at radius 1 is 1.16 bits per heavy atom. The summed E-state index contributed by atoms with van der Waals surface area (Å²) in [5.41, 5.74) is 12.9. The highest BCUT2D eigenvalue weighted by Crippen LogP contribution is 2.34. The van der Waals surface area contributed by atoms with Gasteiger partial charge in [-0.3, -0.25) is 9.69 Å². The quantitative estimate of drug-likeness (QED) is 0.554. The number of ether oxygens (including phenoxy) is 2. The van der Waals surface area contributed by atoms with Crippen LogP contribution >= 0.6 is 0 Å². The lowest BCUT2D eigenvalue weighted by Crippen LogP contribution is -2.31. The molecule has 8 heteroatoms. The SMILES string of the molecule is COCCN(CCOC)Cc1c(-c2ccc3c(c2)CCN3C(C)=O)nc2ccc(N)cn12. The van der Waals surface area contributed by atoms with Crippen LogP contribution in [0.1, 0.15) is 18.2 Å². The van der Waals surface area contributed by atoms with Crippen LogP contribution in [0.5, 0.6) is 0 Å². The van der Waals surface area contributed by atoms with Gasteiger partial charge in [0.1, 0.15) is 5.65 Å². The Kier molecular flexibility index (Phi) is 6.74. The number of carbonyl (C=O) groups is 1. The number of carbonyl (C=O) groups excluding carboxylic acids is 1. The first kappa shape index (κ1) is 22.3. The standard InChI is InChI=1S/C24H31N5O3/c1-17(30)28-9-8-18-14-19(4-6-21(18)28)24-22(16-27(10-12-31-2)11-13-32-3)29-15-20(25)5-7-23(29)26-24/h4-7,14-15H,8-13,16,25H2,1-3H3. The summed E-state index contributed by atoms with van der Waals surface area (Å²) in [5.74, 6) is 0.0762. The van der Waals surface area contributed by atoms with Crippen LogP contribution in [0.25, 0.3) is 16.9 Å². The molecule has 170 valence electrons. The number of nitrogens with two attached hydrogens (primary N) is 1. The molecular formula is C24H31N5O3. The number of hydrogen-bond acceptors (Lipinski definition) is 6. The molecule has 3 heterocycles. The predicted molar refractivity (Wildman–Crippen MR) is 126 cm³/mol. The number of methoxy groups -OCH3 is 2. The van der Waals surface area contributed by atoms with E-state index in [0.29, 0.717) is 25.4 Å². The number of fused-ring (bicyclic) bond motifs is 2. The number of anilines is 2. The molecule has 0 radical (unpaired) electrons. The van der Waals surface area contributed by atoms with Crippen LogP contribution in [-0.2, 0) is 27.2 Å². The van der Waals surface area contributed by atoms with E-state index in [1.165, 1.54) is 5.56 Å². The summed E-state index contributed by atoms with van der Waals surface area (Å²) in [5, 5.41) is 0. The van der Waals surface area contributed by atoms with Crippen LogP contribution in [-0.4, -0.2) is 67.3 Å². The molecule has 3 aromatic rings. The summed E-state index contributed by atoms with van der Waals surface area (Å²) in [4.78, 5) is 21.0. The van der Waals surface area contributed by atoms with Gasteiger partial charge >= 0.3 is 0 Å². The van der Waals surface area contributed by atoms with Gasteiger partial charge in [0.2, 0.25) is 5.91 Å². The van der Waals surface area contributed by atoms with Crippen molar-refractivity contribution in [3.63, 3.8) is 0 Å². The van der Waals surface area contributed by atoms with Gasteiger partial charge in [0.05, 0.1) is 24.6 Å². The highest BCUT2D eigenvalue weighted by atomic mass is 16.5. The van der Waals surface area contributed by atoms with Gasteiger partial charge in [0.15, 0.2) is 0 Å². The van der Waals surface area contributed by atoms with Gasteiger partial charge in [-0.05, 0) is 36.2 Å². The van der Waals surface area contributed by atoms with Crippen molar-refractivity contribution < 1.29 is 14.3 Å². The lowest BCUT2D eigenvalue weighted by molar-refractivity contribution is -0.116. The molecule has 0 bridgehead atoms. The second-order valence-electron chi connectivity index (χ2n) is 8.12. The van der Waals surface area contributed by atoms with E-state index in [1.54, 1.807) is 21.1 Å². The van der Waals surface area contributed by atoms with E-state index in [2.05, 4.69) is 21.4 Å². The van der Waals surface area contributed by atoms with E-state index in [9.17, 15) is 4.79 Å². The third-order valence-electron chi connectivity index (χ3n) is 5.97. The molecule has 0 fully saturated rings. The summed E-state index contributed by atoms with van der Waals surface area (Å²) in [7, 11) is 3.42. The molecule has 0 saturated heterocycles. The number of rotatable bonds is 9. The molecule has 2 N–H and O–H groups in total. The Bertz CT molecular complexity index is 1100. The van der Waals surface area contributed by atoms with Crippen molar-refractivity contribution in [2.45, 2.75) is 19.9 Å². The van der Waals surface area contributed by atoms with E-state index in [4.69, 9.17) is 20.2 Å². The van der Waals surface area contributed by atoms with Gasteiger partial charge in [-0.25, -0.2) is 4.98 Å². The van der Waals surface area contributed by atoms with E-state index in [1.807, 2.05) is 29.3 Å². The number of pyridine rings is 1. The average molecular weight is 438 g/mol. The minimum Gasteiger partial charge on any atom is -0.398 e. The number of amides is 1. The maximum Gasteiger partial charge on any atom is 0.223 e. The van der Waals surface area contributed by atoms with Crippen molar-refractivity contribution in [2.75, 3.05) is 57.7 Å². The van der Waals surface area contributed by atoms with Crippen molar-refractivity contribution in [3.8, 4) is 11.3 Å². The molecule has 0 saturated carbocycles. The zero-order chi connectivity index (χ0) is 22.7. The summed E-state index contributed by atoms with van der Waals surface area (Å²) in [6.07, 6.45) is 2.78. The van der Waals surface area contributed by atoms with E-state index in [-0.39, 0.29) is 5.91 Å². The van der Waals surface area contributed by atoms with Crippen molar-refractivity contribution in [3.05, 3.63) is 47.8 Å². The molecule has 1 aliphatic rings. The fourth-order valence-corrected chi connectivity index (χ4v) is 4.29. The van der Waals surface area contributed by atoms with Crippen LogP contribution < -0.4 is 10.6 Å². The lowest BCUT2D eigenvalue weighted by Gasteiger charge is -2.22. The molecule has 32 heavy (non-hydrogen) atoms. The van der Waals surface area contributed by atoms with E-state index in [0.717, 1.165) is 54.3 Å². The zero-order valence-corrected chi connectivity index (χ0v) is 19.0. The minimum absolute atomic E-state index is 0.0762. The number of aromatic nitrogens is 2. The van der Waals surface area contributed by atoms with Crippen LogP contribution in [0.4, 0.5) is 11.4 Å². The first-order valence-electron chi connectivity index (χ1n) is 10.9. The first-order valence-corrected chi connectivity index (χ1v) is 10.9. The molecule has 0 spiro atoms. The molecule has 0 atom stereocenters. The third kappa shape index (κ3) is 4.48. The smallest absolute Gasteiger partial charge is 0.223 e. The van der Waals surface area contributed by atoms with Gasteiger partial charge in [-0.2, -0.15) is 0 Å². The maximum atomic E-state index is 11.9. The van der Waals surface area contributed by atoms with Gasteiger partial charge in [0.25, 0.3) is 0 Å². The van der Waals surface area contributed by atoms with Gasteiger partial charge in [0, 0.05) is 70.5 Å². The molecular weight excluding hydrogens is 406 g/mol. The highest BCUT2D eigenvalue weighted by molar-refractivity contribution is 5.94. The predicted octanol–water partition coefficient (Wildman–Crippen LogP) is 2.59. The Morgan fingerprint density at radius 3 is 2.59 bits per heavy atom. The van der Waals surface area contributed by atoms with Gasteiger partial charge < -0.3 is 24.5 Å². The second kappa shape index (κ2) is 9.68. The largest absolute Gasteiger partial charge is 0.398 e. The highest BCUT2D eigenvalue weighted by Gasteiger charge is 2.24. The number of nitrogen functional groups attached to an aromatic ring is 1. The monoisotopic (exact) mass is 437 g/mol. The molecule has 8 nitrogen and oxygen atoms in total. The van der Waals surface area contributed by atoms with Crippen molar-refractivity contribution >= 4 is 22.9 Å². The van der Waals surface area contributed by atoms with Crippen molar-refractivity contribution in [1.29, 1.82) is 0 Å². The maximum absolute atomic E-state index is 11.9. The summed E-state index contributed by atoms with van der Waals surface area (Å²) < 4.78 is 12.7. The third-order valence-corrected chi connectivity index (χ3v) is 5.97. The Morgan fingerprint density at radius 2 is 1.91 bits per heavy atom. The summed E-state index contributed by atoms with van der Waals surface area (Å²) in [6, 6.07) is 10.1. The molecule has 4 rings (SSSR count). The fraction of sp³-hybridized carbons (Fsp3) is 0.417. The molecule has 1 aromatic carbocycles. The van der Waals surface area contributed by atoms with Crippen LogP contribution in [0.3, 0.4) is 0 Å². The van der Waals surface area contributed by atoms with Crippen LogP contribution in [0, 0.1) is 0 Å². The van der Waals surface area contributed by atoms with Crippen molar-refractivity contribution in [1.82, 2.24) is 14.3 Å².